The van der Waals surface area contributed by atoms with E-state index in [0.717, 1.165) is 9.35 Å². The summed E-state index contributed by atoms with van der Waals surface area (Å²) in [7, 11) is 0. The van der Waals surface area contributed by atoms with Gasteiger partial charge < -0.3 is 15.6 Å². The van der Waals surface area contributed by atoms with E-state index in [-0.39, 0.29) is 12.7 Å². The summed E-state index contributed by atoms with van der Waals surface area (Å²) in [5, 5.41) is 10.6. The SMILES string of the molecule is NCC(OCCO)c1cc(Br)cs1. The van der Waals surface area contributed by atoms with Crippen molar-refractivity contribution in [1.82, 2.24) is 0 Å². The first-order valence-electron chi connectivity index (χ1n) is 3.94. The minimum absolute atomic E-state index is 0.0308. The highest BCUT2D eigenvalue weighted by atomic mass is 79.9. The van der Waals surface area contributed by atoms with Gasteiger partial charge in [-0.15, -0.1) is 11.3 Å². The van der Waals surface area contributed by atoms with E-state index in [1.807, 2.05) is 11.4 Å². The molecule has 0 aliphatic rings. The molecule has 0 spiro atoms. The van der Waals surface area contributed by atoms with E-state index >= 15 is 0 Å². The molecule has 0 saturated carbocycles. The molecule has 1 aromatic heterocycles. The van der Waals surface area contributed by atoms with Crippen molar-refractivity contribution in [3.63, 3.8) is 0 Å². The molecule has 5 heteroatoms. The van der Waals surface area contributed by atoms with Gasteiger partial charge in [-0.25, -0.2) is 0 Å². The van der Waals surface area contributed by atoms with Crippen molar-refractivity contribution < 1.29 is 9.84 Å². The van der Waals surface area contributed by atoms with Crippen molar-refractivity contribution in [1.29, 1.82) is 0 Å². The Morgan fingerprint density at radius 2 is 2.46 bits per heavy atom. The van der Waals surface area contributed by atoms with Crippen molar-refractivity contribution in [3.05, 3.63) is 20.8 Å². The van der Waals surface area contributed by atoms with E-state index < -0.39 is 0 Å². The molecule has 0 amide bonds. The second-order valence-electron chi connectivity index (χ2n) is 2.49. The molecule has 1 rings (SSSR count). The minimum Gasteiger partial charge on any atom is -0.394 e. The number of hydrogen-bond acceptors (Lipinski definition) is 4. The average Bonchev–Trinajstić information content (AvgIpc) is 2.54. The summed E-state index contributed by atoms with van der Waals surface area (Å²) in [5.74, 6) is 0. The lowest BCUT2D eigenvalue weighted by Crippen LogP contribution is -2.16. The van der Waals surface area contributed by atoms with Crippen molar-refractivity contribution in [2.75, 3.05) is 19.8 Å². The van der Waals surface area contributed by atoms with Gasteiger partial charge in [0, 0.05) is 21.3 Å². The van der Waals surface area contributed by atoms with E-state index in [2.05, 4.69) is 15.9 Å². The first-order chi connectivity index (χ1) is 6.27. The summed E-state index contributed by atoms with van der Waals surface area (Å²) < 4.78 is 6.39. The molecule has 0 bridgehead atoms. The van der Waals surface area contributed by atoms with E-state index in [9.17, 15) is 0 Å². The highest BCUT2D eigenvalue weighted by Gasteiger charge is 2.11. The van der Waals surface area contributed by atoms with Crippen LogP contribution in [0.15, 0.2) is 15.9 Å². The predicted molar refractivity (Wildman–Crippen MR) is 56.9 cm³/mol. The van der Waals surface area contributed by atoms with E-state index in [1.165, 1.54) is 0 Å². The zero-order chi connectivity index (χ0) is 9.68. The topological polar surface area (TPSA) is 55.5 Å². The van der Waals surface area contributed by atoms with E-state index in [1.54, 1.807) is 11.3 Å². The van der Waals surface area contributed by atoms with E-state index in [0.29, 0.717) is 13.2 Å². The third kappa shape index (κ3) is 3.36. The summed E-state index contributed by atoms with van der Waals surface area (Å²) in [6.45, 7) is 0.799. The van der Waals surface area contributed by atoms with Crippen molar-refractivity contribution in [3.8, 4) is 0 Å². The molecule has 0 saturated heterocycles. The van der Waals surface area contributed by atoms with Gasteiger partial charge in [-0.2, -0.15) is 0 Å². The Morgan fingerprint density at radius 1 is 1.69 bits per heavy atom. The largest absolute Gasteiger partial charge is 0.394 e. The Balaban J connectivity index is 2.56. The molecule has 1 unspecified atom stereocenters. The lowest BCUT2D eigenvalue weighted by atomic mass is 10.3. The fraction of sp³-hybridized carbons (Fsp3) is 0.500. The van der Waals surface area contributed by atoms with Gasteiger partial charge in [-0.05, 0) is 22.0 Å². The number of nitrogens with two attached hydrogens (primary N) is 1. The van der Waals surface area contributed by atoms with Gasteiger partial charge in [0.05, 0.1) is 13.2 Å². The highest BCUT2D eigenvalue weighted by Crippen LogP contribution is 2.27. The van der Waals surface area contributed by atoms with Crippen molar-refractivity contribution >= 4 is 27.3 Å². The van der Waals surface area contributed by atoms with Crippen LogP contribution in [0.2, 0.25) is 0 Å². The van der Waals surface area contributed by atoms with Crippen LogP contribution in [0.3, 0.4) is 0 Å². The molecule has 0 aliphatic carbocycles. The lowest BCUT2D eigenvalue weighted by molar-refractivity contribution is 0.0348. The molecule has 74 valence electrons. The molecule has 1 aromatic rings. The third-order valence-corrected chi connectivity index (χ3v) is 3.32. The van der Waals surface area contributed by atoms with Gasteiger partial charge in [0.2, 0.25) is 0 Å². The Morgan fingerprint density at radius 3 is 2.92 bits per heavy atom. The maximum atomic E-state index is 8.59. The first-order valence-corrected chi connectivity index (χ1v) is 5.61. The van der Waals surface area contributed by atoms with Crippen LogP contribution in [0, 0.1) is 0 Å². The van der Waals surface area contributed by atoms with Gasteiger partial charge in [0.25, 0.3) is 0 Å². The second kappa shape index (κ2) is 5.72. The number of aliphatic hydroxyl groups is 1. The highest BCUT2D eigenvalue weighted by molar-refractivity contribution is 9.10. The van der Waals surface area contributed by atoms with Crippen LogP contribution in [0.4, 0.5) is 0 Å². The first kappa shape index (κ1) is 11.1. The van der Waals surface area contributed by atoms with Gasteiger partial charge >= 0.3 is 0 Å². The van der Waals surface area contributed by atoms with Gasteiger partial charge in [-0.1, -0.05) is 0 Å². The Labute approximate surface area is 89.6 Å². The maximum absolute atomic E-state index is 8.59. The fourth-order valence-corrected chi connectivity index (χ4v) is 2.46. The summed E-state index contributed by atoms with van der Waals surface area (Å²) in [6, 6.07) is 1.99. The molecule has 0 fully saturated rings. The zero-order valence-electron chi connectivity index (χ0n) is 7.07. The van der Waals surface area contributed by atoms with Gasteiger partial charge in [-0.3, -0.25) is 0 Å². The quantitative estimate of drug-likeness (QED) is 0.849. The smallest absolute Gasteiger partial charge is 0.104 e. The van der Waals surface area contributed by atoms with Crippen LogP contribution in [-0.4, -0.2) is 24.9 Å². The number of hydrogen-bond donors (Lipinski definition) is 2. The van der Waals surface area contributed by atoms with Crippen LogP contribution >= 0.6 is 27.3 Å². The number of halogens is 1. The molecule has 13 heavy (non-hydrogen) atoms. The number of aliphatic hydroxyl groups excluding tert-OH is 1. The predicted octanol–water partition coefficient (Wildman–Crippen LogP) is 1.52. The summed E-state index contributed by atoms with van der Waals surface area (Å²) in [6.07, 6.45) is -0.0940. The number of rotatable bonds is 5. The van der Waals surface area contributed by atoms with Crippen LogP contribution < -0.4 is 5.73 Å². The van der Waals surface area contributed by atoms with Crippen LogP contribution in [0.1, 0.15) is 11.0 Å². The lowest BCUT2D eigenvalue weighted by Gasteiger charge is -2.12. The molecule has 3 nitrogen and oxygen atoms in total. The summed E-state index contributed by atoms with van der Waals surface area (Å²) in [5.41, 5.74) is 5.54. The Bertz CT molecular complexity index is 254. The average molecular weight is 266 g/mol. The molecule has 0 aliphatic heterocycles. The monoisotopic (exact) mass is 265 g/mol. The fourth-order valence-electron chi connectivity index (χ4n) is 0.958. The van der Waals surface area contributed by atoms with Crippen molar-refractivity contribution in [2.24, 2.45) is 5.73 Å². The van der Waals surface area contributed by atoms with Crippen LogP contribution in [0.5, 0.6) is 0 Å². The summed E-state index contributed by atoms with van der Waals surface area (Å²) >= 11 is 4.96. The van der Waals surface area contributed by atoms with Crippen LogP contribution in [-0.2, 0) is 4.74 Å². The molecule has 1 atom stereocenters. The molecular formula is C8H12BrNO2S. The number of thiophene rings is 1. The van der Waals surface area contributed by atoms with Gasteiger partial charge in [0.1, 0.15) is 6.10 Å². The molecule has 1 heterocycles. The normalized spacial score (nSPS) is 13.2. The van der Waals surface area contributed by atoms with Gasteiger partial charge in [0.15, 0.2) is 0 Å². The minimum atomic E-state index is -0.0940. The molecule has 0 aromatic carbocycles. The molecule has 0 radical (unpaired) electrons. The maximum Gasteiger partial charge on any atom is 0.104 e. The molecule has 3 N–H and O–H groups in total. The standard InChI is InChI=1S/C8H12BrNO2S/c9-6-3-8(13-5-6)7(4-10)12-2-1-11/h3,5,7,11H,1-2,4,10H2. The zero-order valence-corrected chi connectivity index (χ0v) is 9.47. The Hall–Kier alpha value is 0.0600. The van der Waals surface area contributed by atoms with Crippen molar-refractivity contribution in [2.45, 2.75) is 6.10 Å². The summed E-state index contributed by atoms with van der Waals surface area (Å²) in [4.78, 5) is 1.09. The molecular weight excluding hydrogens is 254 g/mol. The van der Waals surface area contributed by atoms with E-state index in [4.69, 9.17) is 15.6 Å². The third-order valence-electron chi connectivity index (χ3n) is 1.53. The van der Waals surface area contributed by atoms with Crippen LogP contribution in [0.25, 0.3) is 0 Å². The Kier molecular flexibility index (Phi) is 4.90. The number of ether oxygens (including phenoxy) is 1. The second-order valence-corrected chi connectivity index (χ2v) is 4.34.